The Balaban J connectivity index is 2.18. The smallest absolute Gasteiger partial charge is 0.0658 e. The van der Waals surface area contributed by atoms with Crippen molar-refractivity contribution < 1.29 is 0 Å². The second kappa shape index (κ2) is 4.69. The van der Waals surface area contributed by atoms with E-state index in [1.807, 2.05) is 11.3 Å². The van der Waals surface area contributed by atoms with Crippen LogP contribution >= 0.6 is 49.9 Å². The van der Waals surface area contributed by atoms with Crippen LogP contribution in [0.1, 0.15) is 0 Å². The van der Waals surface area contributed by atoms with E-state index in [9.17, 15) is 0 Å². The number of nitrogens with one attached hydrogen (secondary N) is 1. The van der Waals surface area contributed by atoms with Crippen LogP contribution in [0, 0.1) is 3.57 Å². The molecule has 0 radical (unpaired) electrons. The zero-order valence-electron chi connectivity index (χ0n) is 11.3. The van der Waals surface area contributed by atoms with Crippen molar-refractivity contribution in [1.29, 1.82) is 0 Å². The summed E-state index contributed by atoms with van der Waals surface area (Å²) in [6.07, 6.45) is 0. The van der Waals surface area contributed by atoms with Gasteiger partial charge < -0.3 is 4.98 Å². The summed E-state index contributed by atoms with van der Waals surface area (Å²) < 4.78 is 5.15. The molecule has 0 bridgehead atoms. The number of aromatic nitrogens is 1. The van der Waals surface area contributed by atoms with Crippen LogP contribution in [-0.4, -0.2) is 4.98 Å². The second-order valence-electron chi connectivity index (χ2n) is 5.35. The predicted molar refractivity (Wildman–Crippen MR) is 109 cm³/mol. The standard InChI is InChI=1S/C18H9BrINS/c19-15-13-10-6-2-4-8-12(10)22-18(13)17-14(16(15)20)9-5-1-3-7-11(9)21-17/h1-8,21H. The molecule has 0 atom stereocenters. The number of para-hydroxylation sites is 1. The van der Waals surface area contributed by atoms with E-state index in [1.54, 1.807) is 0 Å². The summed E-state index contributed by atoms with van der Waals surface area (Å²) in [7, 11) is 0. The van der Waals surface area contributed by atoms with E-state index in [2.05, 4.69) is 92.0 Å². The highest BCUT2D eigenvalue weighted by Gasteiger charge is 2.18. The molecule has 0 aliphatic carbocycles. The number of rotatable bonds is 0. The number of benzene rings is 3. The van der Waals surface area contributed by atoms with Crippen LogP contribution in [-0.2, 0) is 0 Å². The molecule has 0 aliphatic heterocycles. The van der Waals surface area contributed by atoms with Crippen LogP contribution in [0.25, 0.3) is 42.0 Å². The van der Waals surface area contributed by atoms with Gasteiger partial charge >= 0.3 is 0 Å². The number of hydrogen-bond donors (Lipinski definition) is 1. The van der Waals surface area contributed by atoms with Gasteiger partial charge in [-0.25, -0.2) is 0 Å². The molecule has 1 N–H and O–H groups in total. The van der Waals surface area contributed by atoms with Gasteiger partial charge in [0.2, 0.25) is 0 Å². The van der Waals surface area contributed by atoms with Gasteiger partial charge in [0.1, 0.15) is 0 Å². The molecule has 1 nitrogen and oxygen atoms in total. The largest absolute Gasteiger partial charge is 0.353 e. The second-order valence-corrected chi connectivity index (χ2v) is 8.27. The zero-order chi connectivity index (χ0) is 14.8. The number of aromatic amines is 1. The van der Waals surface area contributed by atoms with Crippen molar-refractivity contribution in [1.82, 2.24) is 4.98 Å². The van der Waals surface area contributed by atoms with Crippen LogP contribution in [0.5, 0.6) is 0 Å². The third-order valence-corrected chi connectivity index (χ3v) is 7.96. The van der Waals surface area contributed by atoms with Crippen molar-refractivity contribution in [3.8, 4) is 0 Å². The van der Waals surface area contributed by atoms with Crippen molar-refractivity contribution >= 4 is 91.8 Å². The fourth-order valence-electron chi connectivity index (χ4n) is 3.20. The lowest BCUT2D eigenvalue weighted by Gasteiger charge is -2.03. The third kappa shape index (κ3) is 1.63. The Hall–Kier alpha value is -1.11. The Kier molecular flexibility index (Phi) is 2.85. The van der Waals surface area contributed by atoms with Gasteiger partial charge in [0.05, 0.1) is 10.2 Å². The van der Waals surface area contributed by atoms with Gasteiger partial charge in [-0.3, -0.25) is 0 Å². The number of fused-ring (bicyclic) bond motifs is 7. The monoisotopic (exact) mass is 477 g/mol. The number of hydrogen-bond acceptors (Lipinski definition) is 1. The topological polar surface area (TPSA) is 15.8 Å². The highest BCUT2D eigenvalue weighted by atomic mass is 127. The molecule has 3 aromatic carbocycles. The predicted octanol–water partition coefficient (Wildman–Crippen LogP) is 7.06. The first-order valence-corrected chi connectivity index (χ1v) is 9.63. The van der Waals surface area contributed by atoms with Crippen LogP contribution in [0.2, 0.25) is 0 Å². The first kappa shape index (κ1) is 13.3. The highest BCUT2D eigenvalue weighted by molar-refractivity contribution is 14.1. The fraction of sp³-hybridized carbons (Fsp3) is 0. The molecule has 0 fully saturated rings. The summed E-state index contributed by atoms with van der Waals surface area (Å²) in [5.41, 5.74) is 2.46. The molecular formula is C18H9BrINS. The van der Waals surface area contributed by atoms with Gasteiger partial charge in [0.25, 0.3) is 0 Å². The highest BCUT2D eigenvalue weighted by Crippen LogP contribution is 2.46. The Bertz CT molecular complexity index is 1110. The lowest BCUT2D eigenvalue weighted by atomic mass is 10.1. The molecule has 0 saturated heterocycles. The van der Waals surface area contributed by atoms with E-state index < -0.39 is 0 Å². The molecule has 5 rings (SSSR count). The first-order chi connectivity index (χ1) is 10.8. The van der Waals surface area contributed by atoms with Gasteiger partial charge in [-0.2, -0.15) is 0 Å². The van der Waals surface area contributed by atoms with Crippen molar-refractivity contribution in [2.45, 2.75) is 0 Å². The van der Waals surface area contributed by atoms with Crippen LogP contribution < -0.4 is 0 Å². The fourth-order valence-corrected chi connectivity index (χ4v) is 5.99. The molecular weight excluding hydrogens is 469 g/mol. The van der Waals surface area contributed by atoms with Crippen molar-refractivity contribution in [2.75, 3.05) is 0 Å². The summed E-state index contributed by atoms with van der Waals surface area (Å²) in [5, 5.41) is 5.26. The molecule has 0 amide bonds. The maximum absolute atomic E-state index is 3.86. The third-order valence-electron chi connectivity index (χ3n) is 4.16. The molecule has 0 spiro atoms. The Morgan fingerprint density at radius 2 is 1.64 bits per heavy atom. The molecule has 2 heterocycles. The average Bonchev–Trinajstić information content (AvgIpc) is 3.11. The van der Waals surface area contributed by atoms with Crippen LogP contribution in [0.15, 0.2) is 53.0 Å². The first-order valence-electron chi connectivity index (χ1n) is 6.94. The lowest BCUT2D eigenvalue weighted by Crippen LogP contribution is -1.80. The normalized spacial score (nSPS) is 12.1. The van der Waals surface area contributed by atoms with E-state index >= 15 is 0 Å². The minimum Gasteiger partial charge on any atom is -0.353 e. The minimum absolute atomic E-state index is 1.20. The molecule has 106 valence electrons. The molecule has 0 unspecified atom stereocenters. The van der Waals surface area contributed by atoms with E-state index in [1.165, 1.54) is 50.0 Å². The lowest BCUT2D eigenvalue weighted by molar-refractivity contribution is 1.57. The van der Waals surface area contributed by atoms with Gasteiger partial charge in [-0.1, -0.05) is 36.4 Å². The average molecular weight is 478 g/mol. The molecule has 22 heavy (non-hydrogen) atoms. The summed E-state index contributed by atoms with van der Waals surface area (Å²) >= 11 is 8.19. The van der Waals surface area contributed by atoms with E-state index in [0.717, 1.165) is 0 Å². The molecule has 5 aromatic rings. The van der Waals surface area contributed by atoms with Crippen molar-refractivity contribution in [3.05, 3.63) is 56.6 Å². The molecule has 4 heteroatoms. The number of thiophene rings is 1. The maximum atomic E-state index is 3.86. The summed E-state index contributed by atoms with van der Waals surface area (Å²) in [6, 6.07) is 17.2. The quantitative estimate of drug-likeness (QED) is 0.230. The van der Waals surface area contributed by atoms with E-state index in [0.29, 0.717) is 0 Å². The zero-order valence-corrected chi connectivity index (χ0v) is 15.8. The van der Waals surface area contributed by atoms with Gasteiger partial charge in [0.15, 0.2) is 0 Å². The molecule has 2 aromatic heterocycles. The summed E-state index contributed by atoms with van der Waals surface area (Å²) in [5.74, 6) is 0. The number of H-pyrrole nitrogens is 1. The van der Waals surface area contributed by atoms with Crippen LogP contribution in [0.3, 0.4) is 0 Å². The Labute approximate surface area is 152 Å². The van der Waals surface area contributed by atoms with Gasteiger partial charge in [-0.05, 0) is 50.7 Å². The maximum Gasteiger partial charge on any atom is 0.0658 e. The van der Waals surface area contributed by atoms with Crippen LogP contribution in [0.4, 0.5) is 0 Å². The van der Waals surface area contributed by atoms with E-state index in [4.69, 9.17) is 0 Å². The van der Waals surface area contributed by atoms with Gasteiger partial charge in [0, 0.05) is 39.8 Å². The van der Waals surface area contributed by atoms with E-state index in [-0.39, 0.29) is 0 Å². The summed E-state index contributed by atoms with van der Waals surface area (Å²) in [6.45, 7) is 0. The molecule has 0 aliphatic rings. The Morgan fingerprint density at radius 3 is 2.50 bits per heavy atom. The SMILES string of the molecule is Brc1c(I)c2c3ccccc3[nH]c2c2sc3ccccc3c12. The summed E-state index contributed by atoms with van der Waals surface area (Å²) in [4.78, 5) is 3.63. The minimum atomic E-state index is 1.20. The number of halogens is 2. The molecule has 0 saturated carbocycles. The van der Waals surface area contributed by atoms with Crippen molar-refractivity contribution in [3.63, 3.8) is 0 Å². The Morgan fingerprint density at radius 1 is 0.909 bits per heavy atom. The van der Waals surface area contributed by atoms with Gasteiger partial charge in [-0.15, -0.1) is 11.3 Å². The van der Waals surface area contributed by atoms with Crippen molar-refractivity contribution in [2.24, 2.45) is 0 Å².